The van der Waals surface area contributed by atoms with Gasteiger partial charge in [0, 0.05) is 6.54 Å². The van der Waals surface area contributed by atoms with E-state index in [1.807, 2.05) is 37.3 Å². The van der Waals surface area contributed by atoms with Gasteiger partial charge in [0.25, 0.3) is 5.56 Å². The maximum Gasteiger partial charge on any atom is 0.294 e. The van der Waals surface area contributed by atoms with Crippen LogP contribution in [0.1, 0.15) is 24.1 Å². The van der Waals surface area contributed by atoms with E-state index >= 15 is 0 Å². The average Bonchev–Trinajstić information content (AvgIpc) is 2.57. The number of carbonyl (C=O) groups excluding carboxylic acids is 1. The number of carbonyl (C=O) groups is 1. The number of nitrogen functional groups attached to an aromatic ring is 1. The van der Waals surface area contributed by atoms with Crippen molar-refractivity contribution in [1.29, 1.82) is 0 Å². The maximum atomic E-state index is 11.9. The second kappa shape index (κ2) is 7.77. The molecular formula is C15H19N5O2S. The monoisotopic (exact) mass is 333 g/mol. The second-order valence-corrected chi connectivity index (χ2v) is 6.09. The van der Waals surface area contributed by atoms with Crippen LogP contribution in [0.2, 0.25) is 0 Å². The van der Waals surface area contributed by atoms with Gasteiger partial charge in [-0.05, 0) is 18.4 Å². The predicted octanol–water partition coefficient (Wildman–Crippen LogP) is 0.673. The van der Waals surface area contributed by atoms with E-state index < -0.39 is 5.56 Å². The number of thioether (sulfide) groups is 1. The average molecular weight is 333 g/mol. The lowest BCUT2D eigenvalue weighted by molar-refractivity contribution is -0.118. The molecule has 0 aliphatic heterocycles. The van der Waals surface area contributed by atoms with Gasteiger partial charge in [-0.1, -0.05) is 49.0 Å². The maximum absolute atomic E-state index is 11.9. The Labute approximate surface area is 138 Å². The molecule has 3 N–H and O–H groups in total. The topological polar surface area (TPSA) is 103 Å². The minimum absolute atomic E-state index is 0.121. The Hall–Kier alpha value is -2.35. The minimum atomic E-state index is -0.416. The summed E-state index contributed by atoms with van der Waals surface area (Å²) in [6.45, 7) is 4.12. The molecule has 1 aromatic carbocycles. The van der Waals surface area contributed by atoms with Crippen molar-refractivity contribution >= 4 is 17.7 Å². The predicted molar refractivity (Wildman–Crippen MR) is 89.8 cm³/mol. The van der Waals surface area contributed by atoms with E-state index in [1.54, 1.807) is 0 Å². The molecule has 0 saturated carbocycles. The number of hydrogen-bond acceptors (Lipinski definition) is 6. The van der Waals surface area contributed by atoms with Gasteiger partial charge in [0.2, 0.25) is 11.1 Å². The number of aryl methyl sites for hydroxylation is 1. The van der Waals surface area contributed by atoms with E-state index in [9.17, 15) is 9.59 Å². The molecule has 0 saturated heterocycles. The van der Waals surface area contributed by atoms with Gasteiger partial charge < -0.3 is 11.2 Å². The van der Waals surface area contributed by atoms with E-state index in [0.717, 1.165) is 16.4 Å². The lowest BCUT2D eigenvalue weighted by Gasteiger charge is -2.13. The lowest BCUT2D eigenvalue weighted by Crippen LogP contribution is -2.33. The third-order valence-corrected chi connectivity index (χ3v) is 4.27. The molecule has 122 valence electrons. The number of nitrogens with one attached hydrogen (secondary N) is 1. The number of aromatic nitrogens is 3. The van der Waals surface area contributed by atoms with Crippen LogP contribution in [-0.2, 0) is 4.79 Å². The van der Waals surface area contributed by atoms with Crippen molar-refractivity contribution < 1.29 is 4.79 Å². The van der Waals surface area contributed by atoms with Gasteiger partial charge in [0.05, 0.1) is 5.75 Å². The summed E-state index contributed by atoms with van der Waals surface area (Å²) in [6.07, 6.45) is 0. The Bertz CT molecular complexity index is 732. The van der Waals surface area contributed by atoms with Crippen molar-refractivity contribution in [3.8, 4) is 0 Å². The summed E-state index contributed by atoms with van der Waals surface area (Å²) in [6, 6.07) is 9.96. The summed E-state index contributed by atoms with van der Waals surface area (Å²) < 4.78 is 0.910. The number of nitrogens with two attached hydrogens (primary N) is 1. The van der Waals surface area contributed by atoms with Crippen LogP contribution < -0.4 is 16.7 Å². The second-order valence-electron chi connectivity index (χ2n) is 5.15. The third kappa shape index (κ3) is 4.56. The standard InChI is InChI=1S/C15H19N5O2S/c1-10(12-6-4-3-5-7-12)8-17-13(21)9-23-15-19-18-11(2)14(22)20(15)16/h3-7,10H,8-9,16H2,1-2H3,(H,17,21)/t10-/m1/s1. The Kier molecular flexibility index (Phi) is 5.75. The summed E-state index contributed by atoms with van der Waals surface area (Å²) in [5, 5.41) is 10.6. The summed E-state index contributed by atoms with van der Waals surface area (Å²) in [7, 11) is 0. The van der Waals surface area contributed by atoms with E-state index in [0.29, 0.717) is 6.54 Å². The first-order chi connectivity index (χ1) is 11.0. The van der Waals surface area contributed by atoms with Crippen molar-refractivity contribution in [2.75, 3.05) is 18.1 Å². The number of rotatable bonds is 6. The van der Waals surface area contributed by atoms with Gasteiger partial charge in [-0.3, -0.25) is 9.59 Å². The molecule has 0 bridgehead atoms. The summed E-state index contributed by atoms with van der Waals surface area (Å²) in [5.41, 5.74) is 0.972. The van der Waals surface area contributed by atoms with Crippen LogP contribution in [0.5, 0.6) is 0 Å². The summed E-state index contributed by atoms with van der Waals surface area (Å²) in [4.78, 5) is 23.5. The molecule has 2 aromatic rings. The van der Waals surface area contributed by atoms with Crippen molar-refractivity contribution in [2.45, 2.75) is 24.9 Å². The van der Waals surface area contributed by atoms with Gasteiger partial charge in [-0.2, -0.15) is 4.68 Å². The SMILES string of the molecule is Cc1nnc(SCC(=O)NC[C@@H](C)c2ccccc2)n(N)c1=O. The highest BCUT2D eigenvalue weighted by molar-refractivity contribution is 7.99. The van der Waals surface area contributed by atoms with Gasteiger partial charge in [-0.15, -0.1) is 10.2 Å². The third-order valence-electron chi connectivity index (χ3n) is 3.33. The molecule has 0 fully saturated rings. The first-order valence-corrected chi connectivity index (χ1v) is 8.13. The Morgan fingerprint density at radius 2 is 2.04 bits per heavy atom. The fourth-order valence-electron chi connectivity index (χ4n) is 1.92. The Morgan fingerprint density at radius 1 is 1.35 bits per heavy atom. The van der Waals surface area contributed by atoms with Gasteiger partial charge >= 0.3 is 0 Å². The molecule has 1 amide bonds. The highest BCUT2D eigenvalue weighted by Crippen LogP contribution is 2.14. The highest BCUT2D eigenvalue weighted by atomic mass is 32.2. The highest BCUT2D eigenvalue weighted by Gasteiger charge is 2.11. The Morgan fingerprint density at radius 3 is 2.74 bits per heavy atom. The van der Waals surface area contributed by atoms with Crippen molar-refractivity contribution in [2.24, 2.45) is 0 Å². The van der Waals surface area contributed by atoms with E-state index in [-0.39, 0.29) is 28.4 Å². The van der Waals surface area contributed by atoms with Crippen molar-refractivity contribution in [3.05, 3.63) is 51.9 Å². The van der Waals surface area contributed by atoms with E-state index in [4.69, 9.17) is 5.84 Å². The molecule has 0 radical (unpaired) electrons. The molecule has 2 rings (SSSR count). The first-order valence-electron chi connectivity index (χ1n) is 7.15. The van der Waals surface area contributed by atoms with Crippen LogP contribution >= 0.6 is 11.8 Å². The molecule has 7 nitrogen and oxygen atoms in total. The number of amides is 1. The van der Waals surface area contributed by atoms with E-state index in [2.05, 4.69) is 15.5 Å². The molecule has 23 heavy (non-hydrogen) atoms. The van der Waals surface area contributed by atoms with Crippen LogP contribution in [0.4, 0.5) is 0 Å². The lowest BCUT2D eigenvalue weighted by atomic mass is 10.0. The first kappa shape index (κ1) is 17.0. The molecular weight excluding hydrogens is 314 g/mol. The van der Waals surface area contributed by atoms with Crippen LogP contribution in [0.25, 0.3) is 0 Å². The fraction of sp³-hybridized carbons (Fsp3) is 0.333. The van der Waals surface area contributed by atoms with Crippen LogP contribution in [-0.4, -0.2) is 33.1 Å². The molecule has 8 heteroatoms. The normalized spacial score (nSPS) is 11.9. The summed E-state index contributed by atoms with van der Waals surface area (Å²) in [5.74, 6) is 5.81. The van der Waals surface area contributed by atoms with Crippen LogP contribution in [0, 0.1) is 6.92 Å². The molecule has 0 unspecified atom stereocenters. The zero-order valence-corrected chi connectivity index (χ0v) is 13.8. The largest absolute Gasteiger partial charge is 0.355 e. The molecule has 1 heterocycles. The Balaban J connectivity index is 1.84. The number of benzene rings is 1. The molecule has 1 aromatic heterocycles. The number of nitrogens with zero attached hydrogens (tertiary/aromatic N) is 3. The molecule has 0 aliphatic rings. The smallest absolute Gasteiger partial charge is 0.294 e. The number of hydrogen-bond donors (Lipinski definition) is 2. The van der Waals surface area contributed by atoms with Crippen LogP contribution in [0.3, 0.4) is 0 Å². The quantitative estimate of drug-likeness (QED) is 0.595. The zero-order valence-electron chi connectivity index (χ0n) is 13.0. The van der Waals surface area contributed by atoms with Gasteiger partial charge in [0.1, 0.15) is 5.69 Å². The van der Waals surface area contributed by atoms with Crippen LogP contribution in [0.15, 0.2) is 40.3 Å². The molecule has 1 atom stereocenters. The van der Waals surface area contributed by atoms with E-state index in [1.165, 1.54) is 12.5 Å². The fourth-order valence-corrected chi connectivity index (χ4v) is 2.60. The van der Waals surface area contributed by atoms with Crippen molar-refractivity contribution in [1.82, 2.24) is 20.2 Å². The van der Waals surface area contributed by atoms with Crippen molar-refractivity contribution in [3.63, 3.8) is 0 Å². The molecule has 0 aliphatic carbocycles. The molecule has 0 spiro atoms. The van der Waals surface area contributed by atoms with Gasteiger partial charge in [-0.25, -0.2) is 0 Å². The zero-order chi connectivity index (χ0) is 16.8. The van der Waals surface area contributed by atoms with Gasteiger partial charge in [0.15, 0.2) is 0 Å². The summed E-state index contributed by atoms with van der Waals surface area (Å²) >= 11 is 1.08. The minimum Gasteiger partial charge on any atom is -0.355 e.